The van der Waals surface area contributed by atoms with Gasteiger partial charge in [-0.15, -0.1) is 0 Å². The first kappa shape index (κ1) is 23.8. The van der Waals surface area contributed by atoms with Crippen LogP contribution in [0.15, 0.2) is 0 Å². The molecule has 0 bridgehead atoms. The highest BCUT2D eigenvalue weighted by molar-refractivity contribution is 7.89. The van der Waals surface area contributed by atoms with Crippen LogP contribution in [0.3, 0.4) is 0 Å². The molecule has 1 aliphatic rings. The molecule has 7 heteroatoms. The van der Waals surface area contributed by atoms with Gasteiger partial charge in [-0.25, -0.2) is 13.1 Å². The SMILES string of the molecule is CCCCNS(=O)(=O)CC(O)(CCCC)[C@H](O)[C@@H](N)CC1CCCCC1. The van der Waals surface area contributed by atoms with E-state index in [4.69, 9.17) is 5.73 Å². The normalized spacial score (nSPS) is 21.3. The quantitative estimate of drug-likeness (QED) is 0.359. The number of unbranched alkanes of at least 4 members (excludes halogenated alkanes) is 2. The number of rotatable bonds is 13. The minimum Gasteiger partial charge on any atom is -0.388 e. The second-order valence-corrected chi connectivity index (χ2v) is 9.87. The van der Waals surface area contributed by atoms with Gasteiger partial charge in [-0.2, -0.15) is 0 Å². The zero-order valence-electron chi connectivity index (χ0n) is 16.6. The van der Waals surface area contributed by atoms with Gasteiger partial charge in [-0.3, -0.25) is 0 Å². The van der Waals surface area contributed by atoms with Crippen LogP contribution < -0.4 is 10.5 Å². The van der Waals surface area contributed by atoms with Gasteiger partial charge < -0.3 is 15.9 Å². The highest BCUT2D eigenvalue weighted by Gasteiger charge is 2.42. The maximum absolute atomic E-state index is 12.4. The molecule has 1 fully saturated rings. The Morgan fingerprint density at radius 3 is 2.35 bits per heavy atom. The Labute approximate surface area is 160 Å². The summed E-state index contributed by atoms with van der Waals surface area (Å²) in [4.78, 5) is 0. The molecule has 156 valence electrons. The predicted molar refractivity (Wildman–Crippen MR) is 106 cm³/mol. The second kappa shape index (κ2) is 11.6. The minimum absolute atomic E-state index is 0.234. The number of aliphatic hydroxyl groups excluding tert-OH is 1. The van der Waals surface area contributed by atoms with Crippen LogP contribution in [-0.4, -0.2) is 48.7 Å². The Bertz CT molecular complexity index is 480. The van der Waals surface area contributed by atoms with Crippen molar-refractivity contribution in [2.45, 2.75) is 102 Å². The van der Waals surface area contributed by atoms with Crippen molar-refractivity contribution >= 4 is 10.0 Å². The Kier molecular flexibility index (Phi) is 10.6. The average Bonchev–Trinajstić information content (AvgIpc) is 2.60. The van der Waals surface area contributed by atoms with Gasteiger partial charge in [0.05, 0.1) is 11.9 Å². The van der Waals surface area contributed by atoms with Crippen molar-refractivity contribution in [2.75, 3.05) is 12.3 Å². The summed E-state index contributed by atoms with van der Waals surface area (Å²) in [5, 5.41) is 21.8. The maximum atomic E-state index is 12.4. The Morgan fingerprint density at radius 1 is 1.15 bits per heavy atom. The average molecular weight is 393 g/mol. The molecular formula is C19H40N2O4S. The van der Waals surface area contributed by atoms with E-state index in [1.807, 2.05) is 13.8 Å². The van der Waals surface area contributed by atoms with Crippen LogP contribution in [0.5, 0.6) is 0 Å². The summed E-state index contributed by atoms with van der Waals surface area (Å²) in [6.07, 6.45) is 8.55. The van der Waals surface area contributed by atoms with Crippen molar-refractivity contribution in [2.24, 2.45) is 11.7 Å². The molecule has 0 aromatic heterocycles. The molecule has 1 aliphatic carbocycles. The van der Waals surface area contributed by atoms with Gasteiger partial charge >= 0.3 is 0 Å². The molecule has 3 atom stereocenters. The van der Waals surface area contributed by atoms with E-state index < -0.39 is 33.5 Å². The third-order valence-electron chi connectivity index (χ3n) is 5.54. The van der Waals surface area contributed by atoms with Crippen molar-refractivity contribution in [3.05, 3.63) is 0 Å². The lowest BCUT2D eigenvalue weighted by Crippen LogP contribution is -2.57. The molecule has 0 aromatic carbocycles. The fourth-order valence-corrected chi connectivity index (χ4v) is 5.44. The van der Waals surface area contributed by atoms with E-state index in [9.17, 15) is 18.6 Å². The molecule has 5 N–H and O–H groups in total. The van der Waals surface area contributed by atoms with Gasteiger partial charge in [0.15, 0.2) is 0 Å². The van der Waals surface area contributed by atoms with E-state index in [-0.39, 0.29) is 6.42 Å². The van der Waals surface area contributed by atoms with Crippen LogP contribution >= 0.6 is 0 Å². The highest BCUT2D eigenvalue weighted by atomic mass is 32.2. The highest BCUT2D eigenvalue weighted by Crippen LogP contribution is 2.30. The summed E-state index contributed by atoms with van der Waals surface area (Å²) in [6.45, 7) is 4.32. The van der Waals surface area contributed by atoms with Crippen molar-refractivity contribution in [3.8, 4) is 0 Å². The van der Waals surface area contributed by atoms with E-state index in [1.54, 1.807) is 0 Å². The zero-order chi connectivity index (χ0) is 19.6. The summed E-state index contributed by atoms with van der Waals surface area (Å²) < 4.78 is 27.3. The standard InChI is InChI=1S/C19H40N2O4S/c1-3-5-12-19(23,15-26(24,25)21-13-6-4-2)18(22)17(20)14-16-10-8-7-9-11-16/h16-18,21-23H,3-15,20H2,1-2H3/t17-,18+,19?/m0/s1. The zero-order valence-corrected chi connectivity index (χ0v) is 17.4. The summed E-state index contributed by atoms with van der Waals surface area (Å²) in [5.41, 5.74) is 4.51. The number of hydrogen-bond acceptors (Lipinski definition) is 5. The van der Waals surface area contributed by atoms with Crippen LogP contribution in [0.4, 0.5) is 0 Å². The number of nitrogens with two attached hydrogens (primary N) is 1. The molecule has 0 aromatic rings. The molecule has 0 saturated heterocycles. The molecule has 26 heavy (non-hydrogen) atoms. The monoisotopic (exact) mass is 392 g/mol. The first-order valence-electron chi connectivity index (χ1n) is 10.4. The lowest BCUT2D eigenvalue weighted by atomic mass is 9.80. The first-order valence-corrected chi connectivity index (χ1v) is 12.0. The first-order chi connectivity index (χ1) is 12.2. The lowest BCUT2D eigenvalue weighted by Gasteiger charge is -2.37. The molecule has 0 amide bonds. The van der Waals surface area contributed by atoms with Crippen molar-refractivity contribution in [1.29, 1.82) is 0 Å². The fourth-order valence-electron chi connectivity index (χ4n) is 3.91. The van der Waals surface area contributed by atoms with Crippen molar-refractivity contribution < 1.29 is 18.6 Å². The van der Waals surface area contributed by atoms with Crippen molar-refractivity contribution in [1.82, 2.24) is 4.72 Å². The van der Waals surface area contributed by atoms with Crippen LogP contribution in [0.2, 0.25) is 0 Å². The molecule has 6 nitrogen and oxygen atoms in total. The van der Waals surface area contributed by atoms with Gasteiger partial charge in [0.25, 0.3) is 0 Å². The maximum Gasteiger partial charge on any atom is 0.214 e. The van der Waals surface area contributed by atoms with E-state index in [0.29, 0.717) is 25.3 Å². The lowest BCUT2D eigenvalue weighted by molar-refractivity contribution is -0.0791. The van der Waals surface area contributed by atoms with Crippen LogP contribution in [0.1, 0.15) is 84.5 Å². The number of aliphatic hydroxyl groups is 2. The smallest absolute Gasteiger partial charge is 0.214 e. The third-order valence-corrected chi connectivity index (χ3v) is 7.07. The van der Waals surface area contributed by atoms with Gasteiger partial charge in [-0.05, 0) is 25.2 Å². The Hall–Kier alpha value is -0.210. The summed E-state index contributed by atoms with van der Waals surface area (Å²) in [5.74, 6) is -0.0356. The Balaban J connectivity index is 2.76. The molecule has 0 spiro atoms. The molecule has 1 unspecified atom stereocenters. The molecule has 0 radical (unpaired) electrons. The molecular weight excluding hydrogens is 352 g/mol. The predicted octanol–water partition coefficient (Wildman–Crippen LogP) is 2.29. The van der Waals surface area contributed by atoms with E-state index in [2.05, 4.69) is 4.72 Å². The fraction of sp³-hybridized carbons (Fsp3) is 1.00. The van der Waals surface area contributed by atoms with Crippen LogP contribution in [0.25, 0.3) is 0 Å². The summed E-state index contributed by atoms with van der Waals surface area (Å²) in [6, 6.07) is -0.606. The largest absolute Gasteiger partial charge is 0.388 e. The van der Waals surface area contributed by atoms with E-state index in [1.165, 1.54) is 19.3 Å². The Morgan fingerprint density at radius 2 is 1.77 bits per heavy atom. The van der Waals surface area contributed by atoms with Gasteiger partial charge in [0.1, 0.15) is 5.60 Å². The van der Waals surface area contributed by atoms with E-state index in [0.717, 1.165) is 32.1 Å². The summed E-state index contributed by atoms with van der Waals surface area (Å²) >= 11 is 0. The molecule has 0 heterocycles. The third kappa shape index (κ3) is 8.21. The topological polar surface area (TPSA) is 113 Å². The van der Waals surface area contributed by atoms with Gasteiger partial charge in [0, 0.05) is 12.6 Å². The number of hydrogen-bond donors (Lipinski definition) is 4. The van der Waals surface area contributed by atoms with Crippen molar-refractivity contribution in [3.63, 3.8) is 0 Å². The second-order valence-electron chi connectivity index (χ2n) is 8.06. The van der Waals surface area contributed by atoms with Gasteiger partial charge in [-0.1, -0.05) is 65.2 Å². The number of sulfonamides is 1. The van der Waals surface area contributed by atoms with Gasteiger partial charge in [0.2, 0.25) is 10.0 Å². The number of nitrogens with one attached hydrogen (secondary N) is 1. The minimum atomic E-state index is -3.67. The molecule has 1 rings (SSSR count). The van der Waals surface area contributed by atoms with Crippen LogP contribution in [0, 0.1) is 5.92 Å². The summed E-state index contributed by atoms with van der Waals surface area (Å²) in [7, 11) is -3.67. The van der Waals surface area contributed by atoms with E-state index >= 15 is 0 Å². The molecule has 1 saturated carbocycles. The van der Waals surface area contributed by atoms with Crippen LogP contribution in [-0.2, 0) is 10.0 Å². The molecule has 0 aliphatic heterocycles.